The fourth-order valence-electron chi connectivity index (χ4n) is 3.35. The number of nitrogens with zero attached hydrogens (tertiary/aromatic N) is 4. The summed E-state index contributed by atoms with van der Waals surface area (Å²) in [4.78, 5) is 7.23. The smallest absolute Gasteiger partial charge is 0.137 e. The van der Waals surface area contributed by atoms with Gasteiger partial charge in [0.25, 0.3) is 0 Å². The van der Waals surface area contributed by atoms with Gasteiger partial charge < -0.3 is 4.90 Å². The van der Waals surface area contributed by atoms with Gasteiger partial charge in [-0.1, -0.05) is 42.5 Å². The van der Waals surface area contributed by atoms with Crippen LogP contribution in [0.4, 0.5) is 17.1 Å². The molecule has 0 atom stereocenters. The summed E-state index contributed by atoms with van der Waals surface area (Å²) in [5.41, 5.74) is 4.26. The van der Waals surface area contributed by atoms with Gasteiger partial charge in [-0.3, -0.25) is 0 Å². The maximum Gasteiger partial charge on any atom is 0.137 e. The van der Waals surface area contributed by atoms with E-state index in [-0.39, 0.29) is 0 Å². The Labute approximate surface area is 175 Å². The van der Waals surface area contributed by atoms with Crippen LogP contribution in [0.2, 0.25) is 0 Å². The SMILES string of the molecule is CCN(CC)c1cccc2sc(C=NN(c3ccccc3)c3ccccc3)nc12. The first-order chi connectivity index (χ1) is 14.3. The highest BCUT2D eigenvalue weighted by Crippen LogP contribution is 2.30. The third kappa shape index (κ3) is 4.15. The first-order valence-corrected chi connectivity index (χ1v) is 10.7. The van der Waals surface area contributed by atoms with Crippen LogP contribution in [0, 0.1) is 0 Å². The van der Waals surface area contributed by atoms with E-state index in [1.165, 1.54) is 10.4 Å². The number of hydrazone groups is 1. The molecule has 0 saturated carbocycles. The molecule has 0 spiro atoms. The van der Waals surface area contributed by atoms with E-state index in [1.807, 2.05) is 47.6 Å². The van der Waals surface area contributed by atoms with E-state index in [9.17, 15) is 0 Å². The van der Waals surface area contributed by atoms with E-state index in [2.05, 4.69) is 61.2 Å². The molecule has 1 heterocycles. The predicted molar refractivity (Wildman–Crippen MR) is 126 cm³/mol. The summed E-state index contributed by atoms with van der Waals surface area (Å²) in [7, 11) is 0. The standard InChI is InChI=1S/C24H24N4S/c1-3-27(4-2)21-16-11-17-22-24(21)26-23(29-22)18-25-28(19-12-7-5-8-13-19)20-14-9-6-10-15-20/h5-18H,3-4H2,1-2H3. The van der Waals surface area contributed by atoms with Crippen LogP contribution in [-0.2, 0) is 0 Å². The second-order valence-corrected chi connectivity index (χ2v) is 7.64. The third-order valence-corrected chi connectivity index (χ3v) is 5.76. The van der Waals surface area contributed by atoms with Crippen molar-refractivity contribution in [1.29, 1.82) is 0 Å². The Kier molecular flexibility index (Phi) is 5.86. The Morgan fingerprint density at radius 3 is 2.03 bits per heavy atom. The van der Waals surface area contributed by atoms with E-state index < -0.39 is 0 Å². The zero-order valence-electron chi connectivity index (χ0n) is 16.7. The minimum atomic E-state index is 0.900. The van der Waals surface area contributed by atoms with Crippen LogP contribution in [0.1, 0.15) is 18.9 Å². The van der Waals surface area contributed by atoms with Gasteiger partial charge >= 0.3 is 0 Å². The van der Waals surface area contributed by atoms with Gasteiger partial charge in [0.15, 0.2) is 0 Å². The third-order valence-electron chi connectivity index (χ3n) is 4.80. The summed E-state index contributed by atoms with van der Waals surface area (Å²) >= 11 is 1.67. The molecule has 3 aromatic carbocycles. The monoisotopic (exact) mass is 400 g/mol. The van der Waals surface area contributed by atoms with Crippen molar-refractivity contribution in [3.63, 3.8) is 0 Å². The maximum absolute atomic E-state index is 4.89. The quantitative estimate of drug-likeness (QED) is 0.269. The lowest BCUT2D eigenvalue weighted by atomic mass is 10.2. The summed E-state index contributed by atoms with van der Waals surface area (Å²) < 4.78 is 1.18. The summed E-state index contributed by atoms with van der Waals surface area (Å²) in [6, 6.07) is 26.7. The van der Waals surface area contributed by atoms with Gasteiger partial charge in [-0.15, -0.1) is 11.3 Å². The Morgan fingerprint density at radius 2 is 1.45 bits per heavy atom. The molecule has 0 radical (unpaired) electrons. The molecular weight excluding hydrogens is 376 g/mol. The summed E-state index contributed by atoms with van der Waals surface area (Å²) in [6.45, 7) is 6.28. The molecule has 5 heteroatoms. The van der Waals surface area contributed by atoms with Crippen LogP contribution in [0.25, 0.3) is 10.2 Å². The average molecular weight is 401 g/mol. The van der Waals surface area contributed by atoms with Gasteiger partial charge in [-0.2, -0.15) is 5.10 Å². The van der Waals surface area contributed by atoms with Gasteiger partial charge in [0, 0.05) is 13.1 Å². The lowest BCUT2D eigenvalue weighted by molar-refractivity contribution is 0.869. The van der Waals surface area contributed by atoms with Crippen molar-refractivity contribution >= 4 is 44.8 Å². The highest BCUT2D eigenvalue weighted by Gasteiger charge is 2.12. The van der Waals surface area contributed by atoms with Crippen LogP contribution in [-0.4, -0.2) is 24.3 Å². The second kappa shape index (κ2) is 8.88. The number of fused-ring (bicyclic) bond motifs is 1. The van der Waals surface area contributed by atoms with Gasteiger partial charge in [0.05, 0.1) is 28.0 Å². The topological polar surface area (TPSA) is 31.7 Å². The molecule has 0 fully saturated rings. The highest BCUT2D eigenvalue weighted by molar-refractivity contribution is 7.20. The van der Waals surface area contributed by atoms with Gasteiger partial charge in [-0.05, 0) is 50.2 Å². The first-order valence-electron chi connectivity index (χ1n) is 9.89. The Morgan fingerprint density at radius 1 is 0.828 bits per heavy atom. The van der Waals surface area contributed by atoms with E-state index in [4.69, 9.17) is 10.1 Å². The Balaban J connectivity index is 1.71. The average Bonchev–Trinajstić information content (AvgIpc) is 3.20. The molecule has 29 heavy (non-hydrogen) atoms. The van der Waals surface area contributed by atoms with Crippen molar-refractivity contribution in [2.75, 3.05) is 23.0 Å². The molecule has 0 amide bonds. The van der Waals surface area contributed by atoms with Crippen LogP contribution in [0.3, 0.4) is 0 Å². The van der Waals surface area contributed by atoms with Crippen molar-refractivity contribution in [3.05, 3.63) is 83.9 Å². The summed E-state index contributed by atoms with van der Waals surface area (Å²) in [5.74, 6) is 0. The molecule has 1 aromatic heterocycles. The number of aromatic nitrogens is 1. The molecule has 0 bridgehead atoms. The Bertz CT molecular complexity index is 1050. The van der Waals surface area contributed by atoms with E-state index in [0.717, 1.165) is 35.0 Å². The zero-order valence-corrected chi connectivity index (χ0v) is 17.5. The number of hydrogen-bond donors (Lipinski definition) is 0. The molecule has 4 aromatic rings. The minimum absolute atomic E-state index is 0.900. The number of benzene rings is 3. The molecule has 0 unspecified atom stereocenters. The van der Waals surface area contributed by atoms with E-state index in [1.54, 1.807) is 11.3 Å². The number of rotatable bonds is 7. The molecule has 0 saturated heterocycles. The normalized spacial score (nSPS) is 11.2. The van der Waals surface area contributed by atoms with Crippen LogP contribution in [0.15, 0.2) is 84.0 Å². The van der Waals surface area contributed by atoms with Crippen LogP contribution >= 0.6 is 11.3 Å². The van der Waals surface area contributed by atoms with Crippen molar-refractivity contribution in [3.8, 4) is 0 Å². The van der Waals surface area contributed by atoms with Crippen molar-refractivity contribution < 1.29 is 0 Å². The minimum Gasteiger partial charge on any atom is -0.370 e. The van der Waals surface area contributed by atoms with E-state index in [0.29, 0.717) is 0 Å². The van der Waals surface area contributed by atoms with Crippen LogP contribution in [0.5, 0.6) is 0 Å². The molecule has 0 aliphatic carbocycles. The number of hydrogen-bond acceptors (Lipinski definition) is 5. The largest absolute Gasteiger partial charge is 0.370 e. The lowest BCUT2D eigenvalue weighted by Gasteiger charge is -2.21. The highest BCUT2D eigenvalue weighted by atomic mass is 32.1. The molecule has 4 nitrogen and oxygen atoms in total. The predicted octanol–water partition coefficient (Wildman–Crippen LogP) is 6.31. The first kappa shape index (κ1) is 19.2. The van der Waals surface area contributed by atoms with Crippen molar-refractivity contribution in [2.24, 2.45) is 5.10 Å². The van der Waals surface area contributed by atoms with Crippen molar-refractivity contribution in [1.82, 2.24) is 4.98 Å². The number of anilines is 3. The molecule has 0 N–H and O–H groups in total. The molecule has 0 aliphatic rings. The summed E-state index contributed by atoms with van der Waals surface area (Å²) in [6.07, 6.45) is 1.86. The molecular formula is C24H24N4S. The second-order valence-electron chi connectivity index (χ2n) is 6.58. The summed E-state index contributed by atoms with van der Waals surface area (Å²) in [5, 5.41) is 7.63. The van der Waals surface area contributed by atoms with Crippen molar-refractivity contribution in [2.45, 2.75) is 13.8 Å². The number of para-hydroxylation sites is 3. The van der Waals surface area contributed by atoms with Gasteiger partial charge in [0.1, 0.15) is 10.5 Å². The zero-order chi connectivity index (χ0) is 20.1. The van der Waals surface area contributed by atoms with E-state index >= 15 is 0 Å². The fourth-order valence-corrected chi connectivity index (χ4v) is 4.21. The lowest BCUT2D eigenvalue weighted by Crippen LogP contribution is -2.21. The molecule has 0 aliphatic heterocycles. The van der Waals surface area contributed by atoms with Crippen LogP contribution < -0.4 is 9.91 Å². The Hall–Kier alpha value is -3.18. The molecule has 4 rings (SSSR count). The molecule has 146 valence electrons. The van der Waals surface area contributed by atoms with Gasteiger partial charge in [0.2, 0.25) is 0 Å². The maximum atomic E-state index is 4.89. The van der Waals surface area contributed by atoms with Gasteiger partial charge in [-0.25, -0.2) is 9.99 Å². The fraction of sp³-hybridized carbons (Fsp3) is 0.167. The number of thiazole rings is 1.